The molecule has 1 aromatic heterocycles. The van der Waals surface area contributed by atoms with Gasteiger partial charge in [-0.1, -0.05) is 40.2 Å². The van der Waals surface area contributed by atoms with Gasteiger partial charge in [0.05, 0.1) is 12.8 Å². The summed E-state index contributed by atoms with van der Waals surface area (Å²) in [7, 11) is 1.68. The second-order valence-electron chi connectivity index (χ2n) is 5.12. The summed E-state index contributed by atoms with van der Waals surface area (Å²) < 4.78 is 6.29. The van der Waals surface area contributed by atoms with Crippen molar-refractivity contribution in [2.24, 2.45) is 0 Å². The number of ether oxygens (including phenoxy) is 1. The van der Waals surface area contributed by atoms with Gasteiger partial charge in [-0.25, -0.2) is 0 Å². The molecule has 2 aromatic carbocycles. The molecule has 0 N–H and O–H groups in total. The molecule has 22 heavy (non-hydrogen) atoms. The van der Waals surface area contributed by atoms with E-state index in [1.807, 2.05) is 31.2 Å². The fourth-order valence-electron chi connectivity index (χ4n) is 2.39. The number of hydrogen-bond donors (Lipinski definition) is 0. The van der Waals surface area contributed by atoms with Crippen LogP contribution in [0.25, 0.3) is 22.4 Å². The van der Waals surface area contributed by atoms with Crippen molar-refractivity contribution in [1.29, 1.82) is 0 Å². The molecular weight excluding hydrogens is 338 g/mol. The summed E-state index contributed by atoms with van der Waals surface area (Å²) in [5, 5.41) is 0. The number of rotatable bonds is 3. The first-order valence-corrected chi connectivity index (χ1v) is 7.84. The maximum Gasteiger partial charge on any atom is 0.118 e. The van der Waals surface area contributed by atoms with Gasteiger partial charge in [0, 0.05) is 15.7 Å². The minimum Gasteiger partial charge on any atom is -0.497 e. The molecule has 0 saturated carbocycles. The summed E-state index contributed by atoms with van der Waals surface area (Å²) in [6.07, 6.45) is 0. The Labute approximate surface area is 138 Å². The molecule has 0 bridgehead atoms. The lowest BCUT2D eigenvalue weighted by Gasteiger charge is -2.08. The molecule has 0 aliphatic heterocycles. The molecule has 0 aliphatic rings. The maximum atomic E-state index is 5.22. The van der Waals surface area contributed by atoms with Gasteiger partial charge < -0.3 is 4.74 Å². The summed E-state index contributed by atoms with van der Waals surface area (Å²) in [5.74, 6) is 0.864. The van der Waals surface area contributed by atoms with E-state index in [1.54, 1.807) is 7.11 Å². The summed E-state index contributed by atoms with van der Waals surface area (Å²) >= 11 is 3.46. The van der Waals surface area contributed by atoms with Crippen LogP contribution in [-0.4, -0.2) is 12.1 Å². The zero-order valence-electron chi connectivity index (χ0n) is 12.5. The fraction of sp³-hybridized carbons (Fsp3) is 0.105. The van der Waals surface area contributed by atoms with Crippen molar-refractivity contribution in [2.45, 2.75) is 6.92 Å². The van der Waals surface area contributed by atoms with Crippen LogP contribution in [-0.2, 0) is 0 Å². The molecule has 0 atom stereocenters. The van der Waals surface area contributed by atoms with Gasteiger partial charge in [0.2, 0.25) is 0 Å². The van der Waals surface area contributed by atoms with Crippen molar-refractivity contribution in [3.8, 4) is 28.1 Å². The first-order chi connectivity index (χ1) is 10.7. The summed E-state index contributed by atoms with van der Waals surface area (Å²) in [6.45, 7) is 2.02. The van der Waals surface area contributed by atoms with Crippen LogP contribution in [0.15, 0.2) is 65.1 Å². The smallest absolute Gasteiger partial charge is 0.118 e. The summed E-state index contributed by atoms with van der Waals surface area (Å²) in [4.78, 5) is 4.65. The molecule has 0 amide bonds. The molecule has 0 spiro atoms. The summed E-state index contributed by atoms with van der Waals surface area (Å²) in [6, 6.07) is 20.5. The maximum absolute atomic E-state index is 5.22. The van der Waals surface area contributed by atoms with Crippen LogP contribution in [0.5, 0.6) is 5.75 Å². The van der Waals surface area contributed by atoms with Crippen molar-refractivity contribution in [1.82, 2.24) is 4.98 Å². The number of aryl methyl sites for hydroxylation is 1. The third-order valence-corrected chi connectivity index (χ3v) is 4.05. The van der Waals surface area contributed by atoms with Gasteiger partial charge in [0.25, 0.3) is 0 Å². The molecule has 0 saturated heterocycles. The molecule has 2 nitrogen and oxygen atoms in total. The van der Waals surface area contributed by atoms with Gasteiger partial charge in [-0.2, -0.15) is 0 Å². The number of halogens is 1. The Morgan fingerprint density at radius 1 is 0.818 bits per heavy atom. The molecule has 0 radical (unpaired) electrons. The molecule has 3 rings (SSSR count). The molecule has 1 heterocycles. The number of benzene rings is 2. The third-order valence-electron chi connectivity index (χ3n) is 3.52. The molecule has 0 unspecified atom stereocenters. The zero-order valence-corrected chi connectivity index (χ0v) is 14.1. The number of hydrogen-bond acceptors (Lipinski definition) is 2. The zero-order chi connectivity index (χ0) is 15.5. The van der Waals surface area contributed by atoms with E-state index in [9.17, 15) is 0 Å². The summed E-state index contributed by atoms with van der Waals surface area (Å²) in [5.41, 5.74) is 5.42. The number of pyridine rings is 1. The second-order valence-corrected chi connectivity index (χ2v) is 6.03. The Balaban J connectivity index is 2.03. The van der Waals surface area contributed by atoms with Crippen molar-refractivity contribution in [2.75, 3.05) is 7.11 Å². The van der Waals surface area contributed by atoms with Crippen LogP contribution in [0.2, 0.25) is 0 Å². The van der Waals surface area contributed by atoms with Crippen molar-refractivity contribution in [3.05, 3.63) is 70.8 Å². The van der Waals surface area contributed by atoms with Crippen molar-refractivity contribution in [3.63, 3.8) is 0 Å². The van der Waals surface area contributed by atoms with Crippen LogP contribution in [0.4, 0.5) is 0 Å². The third kappa shape index (κ3) is 3.20. The predicted molar refractivity (Wildman–Crippen MR) is 94.1 cm³/mol. The monoisotopic (exact) mass is 353 g/mol. The Morgan fingerprint density at radius 2 is 1.45 bits per heavy atom. The number of methoxy groups -OCH3 is 1. The molecular formula is C19H16BrNO. The van der Waals surface area contributed by atoms with E-state index in [4.69, 9.17) is 4.74 Å². The lowest BCUT2D eigenvalue weighted by Crippen LogP contribution is -1.90. The minimum atomic E-state index is 0.864. The average Bonchev–Trinajstić information content (AvgIpc) is 2.55. The van der Waals surface area contributed by atoms with Crippen LogP contribution >= 0.6 is 15.9 Å². The Morgan fingerprint density at radius 3 is 2.09 bits per heavy atom. The Kier molecular flexibility index (Phi) is 4.25. The van der Waals surface area contributed by atoms with Crippen LogP contribution < -0.4 is 4.74 Å². The standard InChI is InChI=1S/C19H16BrNO/c1-13-11-16(14-5-9-18(22-2)10-6-14)12-19(21-13)15-3-7-17(20)8-4-15/h3-12H,1-2H3. The first-order valence-electron chi connectivity index (χ1n) is 7.05. The topological polar surface area (TPSA) is 22.1 Å². The second kappa shape index (κ2) is 6.32. The van der Waals surface area contributed by atoms with Gasteiger partial charge in [0.15, 0.2) is 0 Å². The van der Waals surface area contributed by atoms with Gasteiger partial charge >= 0.3 is 0 Å². The average molecular weight is 354 g/mol. The van der Waals surface area contributed by atoms with E-state index in [1.165, 1.54) is 0 Å². The lowest BCUT2D eigenvalue weighted by molar-refractivity contribution is 0.415. The Hall–Kier alpha value is -2.13. The fourth-order valence-corrected chi connectivity index (χ4v) is 2.65. The Bertz CT molecular complexity index is 780. The highest BCUT2D eigenvalue weighted by Gasteiger charge is 2.05. The molecule has 0 aliphatic carbocycles. The van der Waals surface area contributed by atoms with Gasteiger partial charge in [0.1, 0.15) is 5.75 Å². The van der Waals surface area contributed by atoms with Crippen LogP contribution in [0.3, 0.4) is 0 Å². The van der Waals surface area contributed by atoms with Gasteiger partial charge in [-0.3, -0.25) is 4.98 Å². The molecule has 0 fully saturated rings. The van der Waals surface area contributed by atoms with E-state index >= 15 is 0 Å². The van der Waals surface area contributed by atoms with E-state index < -0.39 is 0 Å². The van der Waals surface area contributed by atoms with E-state index in [0.29, 0.717) is 0 Å². The SMILES string of the molecule is COc1ccc(-c2cc(C)nc(-c3ccc(Br)cc3)c2)cc1. The van der Waals surface area contributed by atoms with Crippen molar-refractivity contribution >= 4 is 15.9 Å². The number of nitrogens with zero attached hydrogens (tertiary/aromatic N) is 1. The highest BCUT2D eigenvalue weighted by atomic mass is 79.9. The van der Waals surface area contributed by atoms with Crippen LogP contribution in [0.1, 0.15) is 5.69 Å². The molecule has 3 aromatic rings. The van der Waals surface area contributed by atoms with E-state index in [2.05, 4.69) is 57.3 Å². The lowest BCUT2D eigenvalue weighted by atomic mass is 10.0. The van der Waals surface area contributed by atoms with Crippen LogP contribution in [0, 0.1) is 6.92 Å². The molecule has 110 valence electrons. The van der Waals surface area contributed by atoms with E-state index in [0.717, 1.165) is 38.3 Å². The predicted octanol–water partition coefficient (Wildman–Crippen LogP) is 5.50. The van der Waals surface area contributed by atoms with Gasteiger partial charge in [-0.15, -0.1) is 0 Å². The quantitative estimate of drug-likeness (QED) is 0.620. The first kappa shape index (κ1) is 14.8. The minimum absolute atomic E-state index is 0.864. The van der Waals surface area contributed by atoms with Gasteiger partial charge in [-0.05, 0) is 54.4 Å². The highest BCUT2D eigenvalue weighted by molar-refractivity contribution is 9.10. The largest absolute Gasteiger partial charge is 0.497 e. The molecule has 3 heteroatoms. The number of aromatic nitrogens is 1. The normalized spacial score (nSPS) is 10.5. The van der Waals surface area contributed by atoms with E-state index in [-0.39, 0.29) is 0 Å². The highest BCUT2D eigenvalue weighted by Crippen LogP contribution is 2.28. The van der Waals surface area contributed by atoms with Crippen molar-refractivity contribution < 1.29 is 4.74 Å².